The minimum atomic E-state index is -0.898. The topological polar surface area (TPSA) is 113 Å². The predicted molar refractivity (Wildman–Crippen MR) is 82.9 cm³/mol. The first-order valence-electron chi connectivity index (χ1n) is 7.72. The van der Waals surface area contributed by atoms with Gasteiger partial charge >= 0.3 is 12.0 Å². The van der Waals surface area contributed by atoms with Gasteiger partial charge in [-0.1, -0.05) is 6.42 Å². The summed E-state index contributed by atoms with van der Waals surface area (Å²) in [4.78, 5) is 36.6. The lowest BCUT2D eigenvalue weighted by Crippen LogP contribution is -2.38. The normalized spacial score (nSPS) is 25.4. The van der Waals surface area contributed by atoms with Crippen LogP contribution in [-0.4, -0.2) is 41.0 Å². The van der Waals surface area contributed by atoms with Crippen LogP contribution in [0.15, 0.2) is 18.2 Å². The maximum atomic E-state index is 13.8. The van der Waals surface area contributed by atoms with Crippen molar-refractivity contribution in [1.29, 1.82) is 0 Å². The Morgan fingerprint density at radius 3 is 2.75 bits per heavy atom. The van der Waals surface area contributed by atoms with Crippen molar-refractivity contribution in [2.45, 2.75) is 19.3 Å². The molecule has 1 aliphatic heterocycles. The molecule has 0 aromatic heterocycles. The zero-order valence-electron chi connectivity index (χ0n) is 12.9. The molecule has 3 rings (SSSR count). The van der Waals surface area contributed by atoms with Crippen molar-refractivity contribution in [2.75, 3.05) is 18.4 Å². The Labute approximate surface area is 137 Å². The molecule has 1 heterocycles. The van der Waals surface area contributed by atoms with E-state index in [-0.39, 0.29) is 23.7 Å². The molecular formula is C16H18FN3O4. The van der Waals surface area contributed by atoms with Gasteiger partial charge in [0.05, 0.1) is 11.1 Å². The van der Waals surface area contributed by atoms with Gasteiger partial charge in [-0.3, -0.25) is 9.59 Å². The highest BCUT2D eigenvalue weighted by atomic mass is 19.1. The van der Waals surface area contributed by atoms with Gasteiger partial charge in [0.2, 0.25) is 5.91 Å². The van der Waals surface area contributed by atoms with Crippen molar-refractivity contribution in [2.24, 2.45) is 17.1 Å². The fourth-order valence-corrected chi connectivity index (χ4v) is 3.76. The molecule has 1 saturated heterocycles. The SMILES string of the molecule is NC(=O)c1ccc(F)c(NC(=O)N2C[C@@H]3CCC[C@@]3(C(=O)O)C2)c1. The van der Waals surface area contributed by atoms with Crippen LogP contribution in [0.1, 0.15) is 29.6 Å². The zero-order chi connectivity index (χ0) is 17.5. The van der Waals surface area contributed by atoms with Gasteiger partial charge in [-0.15, -0.1) is 0 Å². The van der Waals surface area contributed by atoms with Crippen LogP contribution in [0, 0.1) is 17.2 Å². The number of primary amides is 1. The van der Waals surface area contributed by atoms with E-state index < -0.39 is 29.1 Å². The summed E-state index contributed by atoms with van der Waals surface area (Å²) in [6.07, 6.45) is 2.14. The number of nitrogens with one attached hydrogen (secondary N) is 1. The maximum Gasteiger partial charge on any atom is 0.321 e. The smallest absolute Gasteiger partial charge is 0.321 e. The van der Waals surface area contributed by atoms with E-state index in [4.69, 9.17) is 5.73 Å². The highest BCUT2D eigenvalue weighted by molar-refractivity contribution is 5.96. The lowest BCUT2D eigenvalue weighted by molar-refractivity contribution is -0.149. The monoisotopic (exact) mass is 335 g/mol. The fraction of sp³-hybridized carbons (Fsp3) is 0.438. The molecule has 1 aromatic rings. The first-order chi connectivity index (χ1) is 11.3. The minimum absolute atomic E-state index is 0.0759. The third-order valence-corrected chi connectivity index (χ3v) is 5.08. The summed E-state index contributed by atoms with van der Waals surface area (Å²) < 4.78 is 13.8. The number of carboxylic acids is 1. The Hall–Kier alpha value is -2.64. The van der Waals surface area contributed by atoms with E-state index in [1.54, 1.807) is 0 Å². The summed E-state index contributed by atoms with van der Waals surface area (Å²) in [5.41, 5.74) is 4.17. The van der Waals surface area contributed by atoms with E-state index in [1.165, 1.54) is 17.0 Å². The molecule has 8 heteroatoms. The standard InChI is InChI=1S/C16H18FN3O4/c17-11-4-3-9(13(18)21)6-12(11)19-15(24)20-7-10-2-1-5-16(10,8-20)14(22)23/h3-4,6,10H,1-2,5,7-8H2,(H2,18,21)(H,19,24)(H,22,23)/t10-,16+/m0/s1. The van der Waals surface area contributed by atoms with Gasteiger partial charge < -0.3 is 21.1 Å². The molecule has 1 aliphatic carbocycles. The second-order valence-corrected chi connectivity index (χ2v) is 6.42. The number of carbonyl (C=O) groups is 3. The second kappa shape index (κ2) is 5.77. The summed E-state index contributed by atoms with van der Waals surface area (Å²) >= 11 is 0. The van der Waals surface area contributed by atoms with E-state index in [1.807, 2.05) is 0 Å². The quantitative estimate of drug-likeness (QED) is 0.779. The van der Waals surface area contributed by atoms with Crippen LogP contribution in [0.3, 0.4) is 0 Å². The number of aliphatic carboxylic acids is 1. The van der Waals surface area contributed by atoms with Crippen molar-refractivity contribution < 1.29 is 23.9 Å². The molecule has 1 saturated carbocycles. The number of hydrogen-bond acceptors (Lipinski definition) is 3. The number of hydrogen-bond donors (Lipinski definition) is 3. The molecule has 0 unspecified atom stereocenters. The van der Waals surface area contributed by atoms with Crippen LogP contribution < -0.4 is 11.1 Å². The Bertz CT molecular complexity index is 723. The summed E-state index contributed by atoms with van der Waals surface area (Å²) in [5, 5.41) is 11.9. The third-order valence-electron chi connectivity index (χ3n) is 5.08. The fourth-order valence-electron chi connectivity index (χ4n) is 3.76. The largest absolute Gasteiger partial charge is 0.481 e. The number of amides is 3. The molecule has 7 nitrogen and oxygen atoms in total. The lowest BCUT2D eigenvalue weighted by atomic mass is 9.81. The van der Waals surface area contributed by atoms with Crippen molar-refractivity contribution in [1.82, 2.24) is 4.90 Å². The van der Waals surface area contributed by atoms with Crippen LogP contribution in [0.2, 0.25) is 0 Å². The molecule has 24 heavy (non-hydrogen) atoms. The number of nitrogens with zero attached hydrogens (tertiary/aromatic N) is 1. The first kappa shape index (κ1) is 16.2. The lowest BCUT2D eigenvalue weighted by Gasteiger charge is -2.23. The van der Waals surface area contributed by atoms with Gasteiger partial charge in [0, 0.05) is 18.7 Å². The van der Waals surface area contributed by atoms with E-state index in [0.29, 0.717) is 13.0 Å². The number of likely N-dealkylation sites (tertiary alicyclic amines) is 1. The van der Waals surface area contributed by atoms with E-state index in [0.717, 1.165) is 18.9 Å². The van der Waals surface area contributed by atoms with Crippen LogP contribution in [0.4, 0.5) is 14.9 Å². The Kier molecular flexibility index (Phi) is 3.90. The van der Waals surface area contributed by atoms with Gasteiger partial charge in [0.25, 0.3) is 0 Å². The summed E-state index contributed by atoms with van der Waals surface area (Å²) in [7, 11) is 0. The molecule has 3 amide bonds. The van der Waals surface area contributed by atoms with Crippen LogP contribution >= 0.6 is 0 Å². The van der Waals surface area contributed by atoms with Crippen molar-refractivity contribution in [3.8, 4) is 0 Å². The molecule has 4 N–H and O–H groups in total. The highest BCUT2D eigenvalue weighted by Gasteiger charge is 2.55. The average Bonchev–Trinajstić information content (AvgIpc) is 3.07. The van der Waals surface area contributed by atoms with Crippen LogP contribution in [0.5, 0.6) is 0 Å². The van der Waals surface area contributed by atoms with Gasteiger partial charge in [-0.05, 0) is 37.0 Å². The number of carbonyl (C=O) groups excluding carboxylic acids is 2. The molecular weight excluding hydrogens is 317 g/mol. The van der Waals surface area contributed by atoms with Gasteiger partial charge in [-0.25, -0.2) is 9.18 Å². The Morgan fingerprint density at radius 1 is 1.38 bits per heavy atom. The van der Waals surface area contributed by atoms with Gasteiger partial charge in [-0.2, -0.15) is 0 Å². The maximum absolute atomic E-state index is 13.8. The zero-order valence-corrected chi connectivity index (χ0v) is 12.9. The number of benzene rings is 1. The summed E-state index contributed by atoms with van der Waals surface area (Å²) in [6.45, 7) is 0.436. The number of anilines is 1. The summed E-state index contributed by atoms with van der Waals surface area (Å²) in [5.74, 6) is -2.39. The van der Waals surface area contributed by atoms with E-state index in [9.17, 15) is 23.9 Å². The Morgan fingerprint density at radius 2 is 2.12 bits per heavy atom. The van der Waals surface area contributed by atoms with Gasteiger partial charge in [0.1, 0.15) is 5.82 Å². The molecule has 0 spiro atoms. The van der Waals surface area contributed by atoms with Gasteiger partial charge in [0.15, 0.2) is 0 Å². The highest BCUT2D eigenvalue weighted by Crippen LogP contribution is 2.48. The Balaban J connectivity index is 1.76. The number of carboxylic acid groups (broad SMARTS) is 1. The van der Waals surface area contributed by atoms with Crippen molar-refractivity contribution in [3.05, 3.63) is 29.6 Å². The molecule has 128 valence electrons. The molecule has 0 radical (unpaired) electrons. The first-order valence-corrected chi connectivity index (χ1v) is 7.72. The predicted octanol–water partition coefficient (Wildman–Crippen LogP) is 1.64. The van der Waals surface area contributed by atoms with Crippen molar-refractivity contribution >= 4 is 23.6 Å². The number of urea groups is 1. The van der Waals surface area contributed by atoms with E-state index in [2.05, 4.69) is 5.32 Å². The number of fused-ring (bicyclic) bond motifs is 1. The molecule has 2 atom stereocenters. The molecule has 2 fully saturated rings. The summed E-state index contributed by atoms with van der Waals surface area (Å²) in [6, 6.07) is 2.87. The molecule has 0 bridgehead atoms. The molecule has 2 aliphatic rings. The van der Waals surface area contributed by atoms with Crippen LogP contribution in [-0.2, 0) is 4.79 Å². The second-order valence-electron chi connectivity index (χ2n) is 6.42. The van der Waals surface area contributed by atoms with E-state index >= 15 is 0 Å². The molecule has 1 aromatic carbocycles. The third kappa shape index (κ3) is 2.57. The van der Waals surface area contributed by atoms with Crippen LogP contribution in [0.25, 0.3) is 0 Å². The number of rotatable bonds is 3. The number of nitrogens with two attached hydrogens (primary N) is 1. The average molecular weight is 335 g/mol. The van der Waals surface area contributed by atoms with Crippen molar-refractivity contribution in [3.63, 3.8) is 0 Å². The number of halogens is 1. The minimum Gasteiger partial charge on any atom is -0.481 e.